The van der Waals surface area contributed by atoms with Crippen molar-refractivity contribution in [3.05, 3.63) is 40.0 Å². The number of nitrogens with one attached hydrogen (secondary N) is 1. The Hall–Kier alpha value is -1.67. The molecule has 0 aliphatic carbocycles. The van der Waals surface area contributed by atoms with Gasteiger partial charge in [0.1, 0.15) is 4.47 Å². The van der Waals surface area contributed by atoms with Gasteiger partial charge in [-0.2, -0.15) is 4.98 Å². The SMILES string of the molecule is COc1nc(NS(=O)(=O)c2ccc(C)cc2)nc(C)c1Br. The first-order valence-corrected chi connectivity index (χ1v) is 8.28. The van der Waals surface area contributed by atoms with Gasteiger partial charge in [-0.15, -0.1) is 0 Å². The quantitative estimate of drug-likeness (QED) is 0.893. The second kappa shape index (κ2) is 5.98. The van der Waals surface area contributed by atoms with Gasteiger partial charge in [0.25, 0.3) is 10.0 Å². The highest BCUT2D eigenvalue weighted by atomic mass is 79.9. The van der Waals surface area contributed by atoms with E-state index >= 15 is 0 Å². The Morgan fingerprint density at radius 1 is 1.14 bits per heavy atom. The van der Waals surface area contributed by atoms with Crippen LogP contribution in [-0.4, -0.2) is 25.5 Å². The van der Waals surface area contributed by atoms with Crippen molar-refractivity contribution in [1.82, 2.24) is 9.97 Å². The van der Waals surface area contributed by atoms with Gasteiger partial charge in [0.15, 0.2) is 0 Å². The Kier molecular flexibility index (Phi) is 4.48. The third kappa shape index (κ3) is 3.51. The Morgan fingerprint density at radius 3 is 2.33 bits per heavy atom. The van der Waals surface area contributed by atoms with Gasteiger partial charge in [-0.05, 0) is 41.9 Å². The first-order valence-electron chi connectivity index (χ1n) is 6.01. The van der Waals surface area contributed by atoms with E-state index in [-0.39, 0.29) is 16.7 Å². The summed E-state index contributed by atoms with van der Waals surface area (Å²) < 4.78 is 32.5. The number of anilines is 1. The number of halogens is 1. The largest absolute Gasteiger partial charge is 0.480 e. The normalized spacial score (nSPS) is 11.2. The number of nitrogens with zero attached hydrogens (tertiary/aromatic N) is 2. The number of benzene rings is 1. The first kappa shape index (κ1) is 15.7. The number of methoxy groups -OCH3 is 1. The van der Waals surface area contributed by atoms with Gasteiger partial charge < -0.3 is 4.74 Å². The van der Waals surface area contributed by atoms with E-state index in [1.165, 1.54) is 19.2 Å². The zero-order chi connectivity index (χ0) is 15.6. The van der Waals surface area contributed by atoms with Gasteiger partial charge in [-0.1, -0.05) is 17.7 Å². The van der Waals surface area contributed by atoms with Crippen LogP contribution in [0.5, 0.6) is 5.88 Å². The molecule has 0 amide bonds. The number of hydrogen-bond donors (Lipinski definition) is 1. The number of hydrogen-bond acceptors (Lipinski definition) is 5. The van der Waals surface area contributed by atoms with E-state index in [0.717, 1.165) is 5.56 Å². The van der Waals surface area contributed by atoms with Crippen molar-refractivity contribution in [2.24, 2.45) is 0 Å². The number of ether oxygens (including phenoxy) is 1. The molecule has 21 heavy (non-hydrogen) atoms. The van der Waals surface area contributed by atoms with Crippen LogP contribution < -0.4 is 9.46 Å². The maximum atomic E-state index is 12.3. The number of rotatable bonds is 4. The fourth-order valence-corrected chi connectivity index (χ4v) is 2.89. The lowest BCUT2D eigenvalue weighted by Gasteiger charge is -2.10. The molecule has 6 nitrogen and oxygen atoms in total. The molecular formula is C13H14BrN3O3S. The molecule has 0 aliphatic rings. The second-order valence-electron chi connectivity index (χ2n) is 4.37. The molecule has 2 rings (SSSR count). The van der Waals surface area contributed by atoms with Crippen LogP contribution in [0.2, 0.25) is 0 Å². The van der Waals surface area contributed by atoms with Crippen LogP contribution in [0, 0.1) is 13.8 Å². The monoisotopic (exact) mass is 371 g/mol. The highest BCUT2D eigenvalue weighted by Crippen LogP contribution is 2.26. The lowest BCUT2D eigenvalue weighted by Crippen LogP contribution is -2.15. The summed E-state index contributed by atoms with van der Waals surface area (Å²) in [6, 6.07) is 6.51. The summed E-state index contributed by atoms with van der Waals surface area (Å²) in [6.07, 6.45) is 0. The van der Waals surface area contributed by atoms with Crippen molar-refractivity contribution in [2.45, 2.75) is 18.7 Å². The minimum Gasteiger partial charge on any atom is -0.480 e. The van der Waals surface area contributed by atoms with Crippen LogP contribution in [-0.2, 0) is 10.0 Å². The van der Waals surface area contributed by atoms with Gasteiger partial charge in [0, 0.05) is 0 Å². The van der Waals surface area contributed by atoms with E-state index in [9.17, 15) is 8.42 Å². The summed E-state index contributed by atoms with van der Waals surface area (Å²) in [5, 5.41) is 0. The van der Waals surface area contributed by atoms with Crippen molar-refractivity contribution in [3.8, 4) is 5.88 Å². The van der Waals surface area contributed by atoms with Gasteiger partial charge in [0.05, 0.1) is 17.7 Å². The van der Waals surface area contributed by atoms with E-state index in [4.69, 9.17) is 4.74 Å². The fourth-order valence-electron chi connectivity index (χ4n) is 1.61. The number of aromatic nitrogens is 2. The Morgan fingerprint density at radius 2 is 1.76 bits per heavy atom. The standard InChI is InChI=1S/C13H14BrN3O3S/c1-8-4-6-10(7-5-8)21(18,19)17-13-15-9(2)11(14)12(16-13)20-3/h4-7H,1-3H3,(H,15,16,17). The van der Waals surface area contributed by atoms with Gasteiger partial charge in [0.2, 0.25) is 11.8 Å². The second-order valence-corrected chi connectivity index (χ2v) is 6.85. The average molecular weight is 372 g/mol. The minimum atomic E-state index is -3.73. The van der Waals surface area contributed by atoms with Crippen molar-refractivity contribution < 1.29 is 13.2 Å². The number of sulfonamides is 1. The predicted octanol–water partition coefficient (Wildman–Crippen LogP) is 2.67. The van der Waals surface area contributed by atoms with E-state index < -0.39 is 10.0 Å². The minimum absolute atomic E-state index is 0.0341. The van der Waals surface area contributed by atoms with Crippen molar-refractivity contribution >= 4 is 31.9 Å². The first-order chi connectivity index (χ1) is 9.83. The van der Waals surface area contributed by atoms with Gasteiger partial charge in [-0.3, -0.25) is 0 Å². The Balaban J connectivity index is 2.37. The molecule has 0 atom stereocenters. The molecule has 1 N–H and O–H groups in total. The fraction of sp³-hybridized carbons (Fsp3) is 0.231. The summed E-state index contributed by atoms with van der Waals surface area (Å²) >= 11 is 3.28. The molecular weight excluding hydrogens is 358 g/mol. The lowest BCUT2D eigenvalue weighted by molar-refractivity contribution is 0.394. The summed E-state index contributed by atoms with van der Waals surface area (Å²) in [7, 11) is -2.28. The molecule has 1 aromatic carbocycles. The number of aryl methyl sites for hydroxylation is 2. The topological polar surface area (TPSA) is 81.2 Å². The van der Waals surface area contributed by atoms with Gasteiger partial charge in [-0.25, -0.2) is 18.1 Å². The van der Waals surface area contributed by atoms with Crippen LogP contribution in [0.4, 0.5) is 5.95 Å². The van der Waals surface area contributed by atoms with Crippen molar-refractivity contribution in [3.63, 3.8) is 0 Å². The van der Waals surface area contributed by atoms with E-state index in [0.29, 0.717) is 10.2 Å². The summed E-state index contributed by atoms with van der Waals surface area (Å²) in [6.45, 7) is 3.61. The molecule has 112 valence electrons. The molecule has 0 bridgehead atoms. The molecule has 1 heterocycles. The third-order valence-electron chi connectivity index (χ3n) is 2.74. The summed E-state index contributed by atoms with van der Waals surface area (Å²) in [5.74, 6) is 0.234. The van der Waals surface area contributed by atoms with Crippen molar-refractivity contribution in [2.75, 3.05) is 11.8 Å². The highest BCUT2D eigenvalue weighted by molar-refractivity contribution is 9.10. The highest BCUT2D eigenvalue weighted by Gasteiger charge is 2.17. The molecule has 0 spiro atoms. The zero-order valence-electron chi connectivity index (χ0n) is 11.7. The molecule has 0 radical (unpaired) electrons. The molecule has 0 saturated carbocycles. The maximum Gasteiger partial charge on any atom is 0.264 e. The average Bonchev–Trinajstić information content (AvgIpc) is 2.42. The predicted molar refractivity (Wildman–Crippen MR) is 83.0 cm³/mol. The zero-order valence-corrected chi connectivity index (χ0v) is 14.1. The van der Waals surface area contributed by atoms with Crippen LogP contribution >= 0.6 is 15.9 Å². The van der Waals surface area contributed by atoms with Crippen molar-refractivity contribution in [1.29, 1.82) is 0 Å². The smallest absolute Gasteiger partial charge is 0.264 e. The molecule has 2 aromatic rings. The van der Waals surface area contributed by atoms with Crippen LogP contribution in [0.1, 0.15) is 11.3 Å². The molecule has 0 saturated heterocycles. The van der Waals surface area contributed by atoms with Gasteiger partial charge >= 0.3 is 0 Å². The van der Waals surface area contributed by atoms with Crippen LogP contribution in [0.3, 0.4) is 0 Å². The van der Waals surface area contributed by atoms with Crippen LogP contribution in [0.25, 0.3) is 0 Å². The van der Waals surface area contributed by atoms with E-state index in [2.05, 4.69) is 30.6 Å². The summed E-state index contributed by atoms with van der Waals surface area (Å²) in [4.78, 5) is 8.24. The molecule has 0 unspecified atom stereocenters. The molecule has 0 aliphatic heterocycles. The third-order valence-corrected chi connectivity index (χ3v) is 4.99. The summed E-state index contributed by atoms with van der Waals surface area (Å²) in [5.41, 5.74) is 1.55. The molecule has 8 heteroatoms. The van der Waals surface area contributed by atoms with E-state index in [1.807, 2.05) is 6.92 Å². The van der Waals surface area contributed by atoms with Crippen LogP contribution in [0.15, 0.2) is 33.6 Å². The van der Waals surface area contributed by atoms with E-state index in [1.54, 1.807) is 19.1 Å². The molecule has 1 aromatic heterocycles. The Labute approximate surface area is 131 Å². The Bertz CT molecular complexity index is 761. The maximum absolute atomic E-state index is 12.3. The lowest BCUT2D eigenvalue weighted by atomic mass is 10.2. The molecule has 0 fully saturated rings.